The van der Waals surface area contributed by atoms with Crippen LogP contribution in [0.5, 0.6) is 0 Å². The van der Waals surface area contributed by atoms with Gasteiger partial charge in [0.05, 0.1) is 5.56 Å². The third-order valence-electron chi connectivity index (χ3n) is 5.28. The highest BCUT2D eigenvalue weighted by atomic mass is 16.2. The standard InChI is InChI=1S/C25H25N3O2/c29-24(20-11-5-2-6-12-20)27-21-13-14-23(28-15-7-8-16-28)22(17-21)25(30)26-18-19-9-3-1-4-10-19/h1-6,9-14,17H,7-8,15-16,18H2,(H,26,30)(H,27,29). The molecule has 2 N–H and O–H groups in total. The van der Waals surface area contributed by atoms with Crippen LogP contribution < -0.4 is 15.5 Å². The molecule has 0 unspecified atom stereocenters. The van der Waals surface area contributed by atoms with Crippen molar-refractivity contribution in [3.63, 3.8) is 0 Å². The minimum atomic E-state index is -0.194. The molecule has 1 aliphatic rings. The van der Waals surface area contributed by atoms with E-state index in [4.69, 9.17) is 0 Å². The van der Waals surface area contributed by atoms with E-state index in [-0.39, 0.29) is 11.8 Å². The summed E-state index contributed by atoms with van der Waals surface area (Å²) in [6, 6.07) is 24.5. The van der Waals surface area contributed by atoms with Crippen molar-refractivity contribution in [1.82, 2.24) is 5.32 Å². The molecule has 30 heavy (non-hydrogen) atoms. The molecular weight excluding hydrogens is 374 g/mol. The quantitative estimate of drug-likeness (QED) is 0.643. The smallest absolute Gasteiger partial charge is 0.255 e. The largest absolute Gasteiger partial charge is 0.371 e. The van der Waals surface area contributed by atoms with Crippen molar-refractivity contribution in [2.75, 3.05) is 23.3 Å². The maximum Gasteiger partial charge on any atom is 0.255 e. The van der Waals surface area contributed by atoms with Gasteiger partial charge in [-0.25, -0.2) is 0 Å². The van der Waals surface area contributed by atoms with Crippen LogP contribution in [-0.4, -0.2) is 24.9 Å². The summed E-state index contributed by atoms with van der Waals surface area (Å²) in [6.45, 7) is 2.34. The lowest BCUT2D eigenvalue weighted by Crippen LogP contribution is -2.27. The lowest BCUT2D eigenvalue weighted by molar-refractivity contribution is 0.0950. The Labute approximate surface area is 176 Å². The van der Waals surface area contributed by atoms with Gasteiger partial charge in [0.2, 0.25) is 0 Å². The van der Waals surface area contributed by atoms with Crippen LogP contribution in [0.1, 0.15) is 39.1 Å². The van der Waals surface area contributed by atoms with Crippen LogP contribution >= 0.6 is 0 Å². The van der Waals surface area contributed by atoms with E-state index >= 15 is 0 Å². The average Bonchev–Trinajstić information content (AvgIpc) is 3.33. The Morgan fingerprint density at radius 2 is 1.47 bits per heavy atom. The zero-order valence-corrected chi connectivity index (χ0v) is 16.8. The fourth-order valence-corrected chi connectivity index (χ4v) is 3.70. The first-order valence-corrected chi connectivity index (χ1v) is 10.3. The zero-order valence-electron chi connectivity index (χ0n) is 16.8. The van der Waals surface area contributed by atoms with E-state index in [9.17, 15) is 9.59 Å². The molecule has 1 heterocycles. The number of anilines is 2. The van der Waals surface area contributed by atoms with E-state index in [0.29, 0.717) is 23.4 Å². The zero-order chi connectivity index (χ0) is 20.8. The third-order valence-corrected chi connectivity index (χ3v) is 5.28. The first-order chi connectivity index (χ1) is 14.7. The predicted octanol–water partition coefficient (Wildman–Crippen LogP) is 4.47. The van der Waals surface area contributed by atoms with E-state index in [2.05, 4.69) is 15.5 Å². The topological polar surface area (TPSA) is 61.4 Å². The van der Waals surface area contributed by atoms with Gasteiger partial charge in [-0.2, -0.15) is 0 Å². The van der Waals surface area contributed by atoms with E-state index < -0.39 is 0 Å². The van der Waals surface area contributed by atoms with Gasteiger partial charge in [-0.15, -0.1) is 0 Å². The molecule has 0 bridgehead atoms. The summed E-state index contributed by atoms with van der Waals surface area (Å²) in [5.41, 5.74) is 3.73. The number of amides is 2. The highest BCUT2D eigenvalue weighted by Gasteiger charge is 2.20. The first-order valence-electron chi connectivity index (χ1n) is 10.3. The average molecular weight is 399 g/mol. The Morgan fingerprint density at radius 1 is 0.800 bits per heavy atom. The molecule has 2 amide bonds. The summed E-state index contributed by atoms with van der Waals surface area (Å²) < 4.78 is 0. The summed E-state index contributed by atoms with van der Waals surface area (Å²) >= 11 is 0. The van der Waals surface area contributed by atoms with Crippen LogP contribution in [0.15, 0.2) is 78.9 Å². The number of nitrogens with zero attached hydrogens (tertiary/aromatic N) is 1. The molecule has 0 aromatic heterocycles. The summed E-state index contributed by atoms with van der Waals surface area (Å²) in [7, 11) is 0. The summed E-state index contributed by atoms with van der Waals surface area (Å²) in [5.74, 6) is -0.336. The van der Waals surface area contributed by atoms with Gasteiger partial charge in [0.25, 0.3) is 11.8 Å². The minimum absolute atomic E-state index is 0.142. The second-order valence-corrected chi connectivity index (χ2v) is 7.41. The monoisotopic (exact) mass is 399 g/mol. The van der Waals surface area contributed by atoms with Gasteiger partial charge < -0.3 is 15.5 Å². The Balaban J connectivity index is 1.56. The second kappa shape index (κ2) is 9.27. The Hall–Kier alpha value is -3.60. The van der Waals surface area contributed by atoms with Crippen molar-refractivity contribution in [1.29, 1.82) is 0 Å². The Morgan fingerprint density at radius 3 is 2.17 bits per heavy atom. The number of rotatable bonds is 6. The number of carbonyl (C=O) groups excluding carboxylic acids is 2. The van der Waals surface area contributed by atoms with Gasteiger partial charge in [-0.05, 0) is 48.7 Å². The van der Waals surface area contributed by atoms with E-state index in [0.717, 1.165) is 37.2 Å². The van der Waals surface area contributed by atoms with Crippen molar-refractivity contribution in [2.45, 2.75) is 19.4 Å². The van der Waals surface area contributed by atoms with Gasteiger partial charge in [-0.3, -0.25) is 9.59 Å². The summed E-state index contributed by atoms with van der Waals surface area (Å²) in [4.78, 5) is 27.8. The molecule has 0 atom stereocenters. The fourth-order valence-electron chi connectivity index (χ4n) is 3.70. The highest BCUT2D eigenvalue weighted by Crippen LogP contribution is 2.28. The molecule has 1 aliphatic heterocycles. The molecule has 3 aromatic carbocycles. The lowest BCUT2D eigenvalue weighted by Gasteiger charge is -2.22. The molecule has 0 aliphatic carbocycles. The molecule has 4 rings (SSSR count). The van der Waals surface area contributed by atoms with Crippen molar-refractivity contribution in [2.24, 2.45) is 0 Å². The molecule has 5 nitrogen and oxygen atoms in total. The van der Waals surface area contributed by atoms with Crippen molar-refractivity contribution in [3.05, 3.63) is 95.6 Å². The molecule has 0 spiro atoms. The van der Waals surface area contributed by atoms with Crippen LogP contribution in [0.25, 0.3) is 0 Å². The maximum atomic E-state index is 13.1. The van der Waals surface area contributed by atoms with E-state index in [1.54, 1.807) is 18.2 Å². The maximum absolute atomic E-state index is 13.1. The van der Waals surface area contributed by atoms with Gasteiger partial charge in [-0.1, -0.05) is 48.5 Å². The predicted molar refractivity (Wildman–Crippen MR) is 120 cm³/mol. The SMILES string of the molecule is O=C(Nc1ccc(N2CCCC2)c(C(=O)NCc2ccccc2)c1)c1ccccc1. The molecule has 1 saturated heterocycles. The fraction of sp³-hybridized carbons (Fsp3) is 0.200. The van der Waals surface area contributed by atoms with Crippen molar-refractivity contribution in [3.8, 4) is 0 Å². The summed E-state index contributed by atoms with van der Waals surface area (Å²) in [5, 5.41) is 5.92. The Bertz CT molecular complexity index is 1010. The van der Waals surface area contributed by atoms with Crippen LogP contribution in [-0.2, 0) is 6.54 Å². The van der Waals surface area contributed by atoms with Gasteiger partial charge in [0, 0.05) is 36.6 Å². The van der Waals surface area contributed by atoms with Crippen molar-refractivity contribution < 1.29 is 9.59 Å². The highest BCUT2D eigenvalue weighted by molar-refractivity contribution is 6.06. The second-order valence-electron chi connectivity index (χ2n) is 7.41. The first kappa shape index (κ1) is 19.7. The van der Waals surface area contributed by atoms with Crippen LogP contribution in [0, 0.1) is 0 Å². The molecule has 5 heteroatoms. The molecule has 3 aromatic rings. The number of hydrogen-bond acceptors (Lipinski definition) is 3. The van der Waals surface area contributed by atoms with Crippen molar-refractivity contribution >= 4 is 23.2 Å². The molecular formula is C25H25N3O2. The Kier molecular flexibility index (Phi) is 6.09. The third kappa shape index (κ3) is 4.69. The number of nitrogens with one attached hydrogen (secondary N) is 2. The number of carbonyl (C=O) groups is 2. The van der Waals surface area contributed by atoms with Crippen LogP contribution in [0.2, 0.25) is 0 Å². The van der Waals surface area contributed by atoms with Gasteiger partial charge in [0.1, 0.15) is 0 Å². The molecule has 0 saturated carbocycles. The molecule has 152 valence electrons. The molecule has 0 radical (unpaired) electrons. The summed E-state index contributed by atoms with van der Waals surface area (Å²) in [6.07, 6.45) is 2.25. The number of hydrogen-bond donors (Lipinski definition) is 2. The van der Waals surface area contributed by atoms with Gasteiger partial charge >= 0.3 is 0 Å². The normalized spacial score (nSPS) is 13.1. The van der Waals surface area contributed by atoms with Crippen LogP contribution in [0.4, 0.5) is 11.4 Å². The van der Waals surface area contributed by atoms with E-state index in [1.165, 1.54) is 0 Å². The van der Waals surface area contributed by atoms with E-state index in [1.807, 2.05) is 60.7 Å². The number of benzene rings is 3. The van der Waals surface area contributed by atoms with Gasteiger partial charge in [0.15, 0.2) is 0 Å². The lowest BCUT2D eigenvalue weighted by atomic mass is 10.1. The van der Waals surface area contributed by atoms with Crippen LogP contribution in [0.3, 0.4) is 0 Å². The minimum Gasteiger partial charge on any atom is -0.371 e. The molecule has 1 fully saturated rings.